The third-order valence-corrected chi connectivity index (χ3v) is 3.50. The summed E-state index contributed by atoms with van der Waals surface area (Å²) in [5.41, 5.74) is 3.92. The number of rotatable bonds is 5. The first-order chi connectivity index (χ1) is 10.8. The van der Waals surface area contributed by atoms with E-state index >= 15 is 0 Å². The van der Waals surface area contributed by atoms with Crippen molar-refractivity contribution in [2.75, 3.05) is 14.2 Å². The van der Waals surface area contributed by atoms with Crippen LogP contribution in [0.5, 0.6) is 11.5 Å². The Bertz CT molecular complexity index is 731. The van der Waals surface area contributed by atoms with E-state index in [1.807, 2.05) is 36.4 Å². The van der Waals surface area contributed by atoms with Gasteiger partial charge in [-0.05, 0) is 30.3 Å². The number of aromatic nitrogens is 3. The highest BCUT2D eigenvalue weighted by Gasteiger charge is 2.12. The van der Waals surface area contributed by atoms with Gasteiger partial charge in [0.2, 0.25) is 0 Å². The van der Waals surface area contributed by atoms with Crippen LogP contribution in [-0.4, -0.2) is 29.4 Å². The van der Waals surface area contributed by atoms with Crippen LogP contribution in [0.2, 0.25) is 0 Å². The van der Waals surface area contributed by atoms with E-state index in [0.717, 1.165) is 34.0 Å². The molecule has 22 heavy (non-hydrogen) atoms. The first-order valence-corrected chi connectivity index (χ1v) is 6.96. The summed E-state index contributed by atoms with van der Waals surface area (Å²) < 4.78 is 10.9. The molecule has 3 aromatic rings. The van der Waals surface area contributed by atoms with Crippen LogP contribution in [0.3, 0.4) is 0 Å². The molecule has 0 fully saturated rings. The van der Waals surface area contributed by atoms with Gasteiger partial charge in [-0.2, -0.15) is 5.10 Å². The molecule has 0 amide bonds. The summed E-state index contributed by atoms with van der Waals surface area (Å²) in [5, 5.41) is 7.43. The molecule has 3 rings (SSSR count). The van der Waals surface area contributed by atoms with Gasteiger partial charge in [0.25, 0.3) is 0 Å². The number of methoxy groups -OCH3 is 2. The van der Waals surface area contributed by atoms with Crippen LogP contribution in [0.15, 0.2) is 48.8 Å². The summed E-state index contributed by atoms with van der Waals surface area (Å²) in [6.07, 6.45) is 4.17. The standard InChI is InChI=1S/C17H17N3O2/c1-21-16-4-3-5-17(22-2)14(16)10-13-11-15(20-19-13)12-6-8-18-9-7-12/h3-9,11H,10H2,1-2H3,(H,19,20). The molecule has 5 nitrogen and oxygen atoms in total. The summed E-state index contributed by atoms with van der Waals surface area (Å²) in [6, 6.07) is 11.7. The Morgan fingerprint density at radius 2 is 1.68 bits per heavy atom. The van der Waals surface area contributed by atoms with Crippen LogP contribution < -0.4 is 9.47 Å². The van der Waals surface area contributed by atoms with Crippen LogP contribution in [-0.2, 0) is 6.42 Å². The third-order valence-electron chi connectivity index (χ3n) is 3.50. The fourth-order valence-electron chi connectivity index (χ4n) is 2.42. The summed E-state index contributed by atoms with van der Waals surface area (Å²) in [6.45, 7) is 0. The molecule has 0 bridgehead atoms. The van der Waals surface area contributed by atoms with Crippen molar-refractivity contribution in [1.29, 1.82) is 0 Å². The van der Waals surface area contributed by atoms with Crippen LogP contribution in [0.1, 0.15) is 11.3 Å². The van der Waals surface area contributed by atoms with Crippen molar-refractivity contribution in [3.63, 3.8) is 0 Å². The molecular formula is C17H17N3O2. The minimum absolute atomic E-state index is 0.658. The molecule has 0 spiro atoms. The molecule has 1 N–H and O–H groups in total. The predicted molar refractivity (Wildman–Crippen MR) is 84.2 cm³/mol. The van der Waals surface area contributed by atoms with Gasteiger partial charge in [-0.25, -0.2) is 0 Å². The fraction of sp³-hybridized carbons (Fsp3) is 0.176. The van der Waals surface area contributed by atoms with Crippen LogP contribution in [0.25, 0.3) is 11.3 Å². The molecule has 0 atom stereocenters. The molecule has 0 aliphatic carbocycles. The molecule has 0 aliphatic rings. The topological polar surface area (TPSA) is 60.0 Å². The SMILES string of the molecule is COc1cccc(OC)c1Cc1cc(-c2ccncc2)n[nH]1. The monoisotopic (exact) mass is 295 g/mol. The van der Waals surface area contributed by atoms with Gasteiger partial charge in [0.05, 0.1) is 19.9 Å². The zero-order valence-electron chi connectivity index (χ0n) is 12.5. The van der Waals surface area contributed by atoms with Crippen molar-refractivity contribution in [1.82, 2.24) is 15.2 Å². The number of benzene rings is 1. The van der Waals surface area contributed by atoms with Gasteiger partial charge < -0.3 is 9.47 Å². The average molecular weight is 295 g/mol. The van der Waals surface area contributed by atoms with Crippen molar-refractivity contribution in [3.05, 3.63) is 60.0 Å². The molecule has 2 heterocycles. The summed E-state index contributed by atoms with van der Waals surface area (Å²) in [7, 11) is 3.32. The van der Waals surface area contributed by atoms with E-state index in [2.05, 4.69) is 15.2 Å². The lowest BCUT2D eigenvalue weighted by Gasteiger charge is -2.11. The highest BCUT2D eigenvalue weighted by molar-refractivity contribution is 5.58. The second kappa shape index (κ2) is 6.30. The molecule has 0 aliphatic heterocycles. The lowest BCUT2D eigenvalue weighted by atomic mass is 10.1. The van der Waals surface area contributed by atoms with E-state index in [4.69, 9.17) is 9.47 Å². The van der Waals surface area contributed by atoms with E-state index in [9.17, 15) is 0 Å². The normalized spacial score (nSPS) is 10.5. The molecule has 1 aromatic carbocycles. The smallest absolute Gasteiger partial charge is 0.126 e. The summed E-state index contributed by atoms with van der Waals surface area (Å²) in [4.78, 5) is 4.02. The van der Waals surface area contributed by atoms with E-state index in [1.54, 1.807) is 26.6 Å². The molecule has 0 radical (unpaired) electrons. The van der Waals surface area contributed by atoms with E-state index < -0.39 is 0 Å². The molecule has 5 heteroatoms. The average Bonchev–Trinajstić information content (AvgIpc) is 3.04. The van der Waals surface area contributed by atoms with Crippen molar-refractivity contribution >= 4 is 0 Å². The Labute approximate surface area is 128 Å². The first-order valence-electron chi connectivity index (χ1n) is 6.96. The van der Waals surface area contributed by atoms with Gasteiger partial charge in [0.15, 0.2) is 0 Å². The maximum absolute atomic E-state index is 5.43. The molecular weight excluding hydrogens is 278 g/mol. The molecule has 112 valence electrons. The number of hydrogen-bond donors (Lipinski definition) is 1. The Balaban J connectivity index is 1.90. The number of pyridine rings is 1. The number of nitrogens with zero attached hydrogens (tertiary/aromatic N) is 2. The van der Waals surface area contributed by atoms with Crippen LogP contribution in [0, 0.1) is 0 Å². The first kappa shape index (κ1) is 14.1. The third kappa shape index (κ3) is 2.79. The molecule has 0 saturated carbocycles. The zero-order valence-corrected chi connectivity index (χ0v) is 12.5. The zero-order chi connectivity index (χ0) is 15.4. The van der Waals surface area contributed by atoms with Crippen molar-refractivity contribution in [3.8, 4) is 22.8 Å². The van der Waals surface area contributed by atoms with Crippen molar-refractivity contribution in [2.24, 2.45) is 0 Å². The highest BCUT2D eigenvalue weighted by atomic mass is 16.5. The molecule has 0 unspecified atom stereocenters. The number of nitrogens with one attached hydrogen (secondary N) is 1. The van der Waals surface area contributed by atoms with E-state index in [1.165, 1.54) is 0 Å². The van der Waals surface area contributed by atoms with Crippen LogP contribution >= 0.6 is 0 Å². The maximum atomic E-state index is 5.43. The van der Waals surface area contributed by atoms with Crippen molar-refractivity contribution in [2.45, 2.75) is 6.42 Å². The van der Waals surface area contributed by atoms with Crippen LogP contribution in [0.4, 0.5) is 0 Å². The van der Waals surface area contributed by atoms with Gasteiger partial charge in [-0.3, -0.25) is 10.1 Å². The van der Waals surface area contributed by atoms with E-state index in [0.29, 0.717) is 6.42 Å². The second-order valence-electron chi connectivity index (χ2n) is 4.83. The van der Waals surface area contributed by atoms with E-state index in [-0.39, 0.29) is 0 Å². The lowest BCUT2D eigenvalue weighted by Crippen LogP contribution is -1.98. The van der Waals surface area contributed by atoms with Gasteiger partial charge >= 0.3 is 0 Å². The number of ether oxygens (including phenoxy) is 2. The Morgan fingerprint density at radius 1 is 1.00 bits per heavy atom. The lowest BCUT2D eigenvalue weighted by molar-refractivity contribution is 0.386. The second-order valence-corrected chi connectivity index (χ2v) is 4.83. The molecule has 0 saturated heterocycles. The summed E-state index contributed by atoms with van der Waals surface area (Å²) in [5.74, 6) is 1.61. The summed E-state index contributed by atoms with van der Waals surface area (Å²) >= 11 is 0. The maximum Gasteiger partial charge on any atom is 0.126 e. The Morgan fingerprint density at radius 3 is 2.32 bits per heavy atom. The largest absolute Gasteiger partial charge is 0.496 e. The quantitative estimate of drug-likeness (QED) is 0.786. The highest BCUT2D eigenvalue weighted by Crippen LogP contribution is 2.30. The number of aromatic amines is 1. The predicted octanol–water partition coefficient (Wildman–Crippen LogP) is 3.08. The Kier molecular flexibility index (Phi) is 4.05. The van der Waals surface area contributed by atoms with Crippen molar-refractivity contribution < 1.29 is 9.47 Å². The minimum atomic E-state index is 0.658. The Hall–Kier alpha value is -2.82. The fourth-order valence-corrected chi connectivity index (χ4v) is 2.42. The van der Waals surface area contributed by atoms with Gasteiger partial charge in [0.1, 0.15) is 11.5 Å². The van der Waals surface area contributed by atoms with Gasteiger partial charge in [-0.1, -0.05) is 6.07 Å². The van der Waals surface area contributed by atoms with Gasteiger partial charge in [-0.15, -0.1) is 0 Å². The number of H-pyrrole nitrogens is 1. The van der Waals surface area contributed by atoms with Gasteiger partial charge in [0, 0.05) is 35.6 Å². The molecule has 2 aromatic heterocycles. The minimum Gasteiger partial charge on any atom is -0.496 e. The number of hydrogen-bond acceptors (Lipinski definition) is 4.